The van der Waals surface area contributed by atoms with Crippen molar-refractivity contribution < 1.29 is 13.7 Å². The largest absolute Gasteiger partial charge is 0.494 e. The zero-order chi connectivity index (χ0) is 16.7. The van der Waals surface area contributed by atoms with E-state index in [1.807, 2.05) is 13.8 Å². The second-order valence-electron chi connectivity index (χ2n) is 4.69. The highest BCUT2D eigenvalue weighted by Crippen LogP contribution is 2.21. The van der Waals surface area contributed by atoms with Crippen LogP contribution >= 0.6 is 11.3 Å². The fraction of sp³-hybridized carbons (Fsp3) is 0.400. The van der Waals surface area contributed by atoms with Crippen molar-refractivity contribution in [1.82, 2.24) is 10.2 Å². The van der Waals surface area contributed by atoms with E-state index in [1.165, 1.54) is 0 Å². The molecule has 0 aliphatic heterocycles. The average Bonchev–Trinajstić information content (AvgIpc) is 3.01. The lowest BCUT2D eigenvalue weighted by Crippen LogP contribution is -2.11. The number of rotatable bonds is 8. The van der Waals surface area contributed by atoms with Crippen LogP contribution < -0.4 is 10.1 Å². The maximum Gasteiger partial charge on any atom is 0.257 e. The molecule has 0 radical (unpaired) electrons. The van der Waals surface area contributed by atoms with Gasteiger partial charge in [0.05, 0.1) is 17.4 Å². The molecule has 124 valence electrons. The van der Waals surface area contributed by atoms with E-state index in [2.05, 4.69) is 15.5 Å². The lowest BCUT2D eigenvalue weighted by atomic mass is 10.2. The number of benzene rings is 1. The third-order valence-corrected chi connectivity index (χ3v) is 5.48. The second kappa shape index (κ2) is 8.73. The van der Waals surface area contributed by atoms with E-state index in [0.29, 0.717) is 33.1 Å². The molecule has 0 saturated carbocycles. The van der Waals surface area contributed by atoms with Crippen molar-refractivity contribution in [1.29, 1.82) is 0 Å². The quantitative estimate of drug-likeness (QED) is 0.738. The summed E-state index contributed by atoms with van der Waals surface area (Å²) in [4.78, 5) is 12.2. The van der Waals surface area contributed by atoms with Crippen LogP contribution in [-0.4, -0.2) is 32.7 Å². The Bertz CT molecular complexity index is 688. The zero-order valence-electron chi connectivity index (χ0n) is 13.1. The summed E-state index contributed by atoms with van der Waals surface area (Å²) < 4.78 is 17.8. The molecule has 0 aliphatic rings. The molecule has 2 rings (SSSR count). The lowest BCUT2D eigenvalue weighted by molar-refractivity contribution is 0.102. The van der Waals surface area contributed by atoms with Crippen LogP contribution in [-0.2, 0) is 10.8 Å². The van der Waals surface area contributed by atoms with Crippen LogP contribution in [0.4, 0.5) is 5.13 Å². The molecule has 1 unspecified atom stereocenters. The summed E-state index contributed by atoms with van der Waals surface area (Å²) in [6, 6.07) is 6.91. The fourth-order valence-electron chi connectivity index (χ4n) is 1.78. The van der Waals surface area contributed by atoms with E-state index in [1.54, 1.807) is 24.3 Å². The predicted molar refractivity (Wildman–Crippen MR) is 91.7 cm³/mol. The standard InChI is InChI=1S/C15H19N3O3S2/c1-3-5-9-23(20)15-18-17-14(22-15)16-13(19)11-7-6-8-12(10-11)21-4-2/h6-8,10H,3-5,9H2,1-2H3,(H,16,17,19). The Morgan fingerprint density at radius 1 is 1.35 bits per heavy atom. The summed E-state index contributed by atoms with van der Waals surface area (Å²) in [6.45, 7) is 4.46. The summed E-state index contributed by atoms with van der Waals surface area (Å²) in [5, 5.41) is 10.8. The SMILES string of the molecule is CCCCS(=O)c1nnc(NC(=O)c2cccc(OCC)c2)s1. The molecular weight excluding hydrogens is 334 g/mol. The van der Waals surface area contributed by atoms with Gasteiger partial charge < -0.3 is 4.74 Å². The molecule has 6 nitrogen and oxygen atoms in total. The highest BCUT2D eigenvalue weighted by Gasteiger charge is 2.14. The molecule has 0 fully saturated rings. The molecule has 1 heterocycles. The average molecular weight is 353 g/mol. The third kappa shape index (κ3) is 5.11. The number of ether oxygens (including phenoxy) is 1. The number of amides is 1. The molecule has 2 aromatic rings. The van der Waals surface area contributed by atoms with Crippen LogP contribution in [0.1, 0.15) is 37.0 Å². The van der Waals surface area contributed by atoms with E-state index in [0.717, 1.165) is 24.2 Å². The summed E-state index contributed by atoms with van der Waals surface area (Å²) in [5.41, 5.74) is 0.472. The minimum atomic E-state index is -1.15. The van der Waals surface area contributed by atoms with Crippen molar-refractivity contribution in [2.45, 2.75) is 31.0 Å². The number of anilines is 1. The molecule has 1 aromatic carbocycles. The Balaban J connectivity index is 2.02. The number of carbonyl (C=O) groups excluding carboxylic acids is 1. The molecule has 1 aromatic heterocycles. The Morgan fingerprint density at radius 2 is 2.17 bits per heavy atom. The van der Waals surface area contributed by atoms with Crippen LogP contribution in [0.2, 0.25) is 0 Å². The van der Waals surface area contributed by atoms with Gasteiger partial charge >= 0.3 is 0 Å². The van der Waals surface area contributed by atoms with Gasteiger partial charge in [0.15, 0.2) is 0 Å². The normalized spacial score (nSPS) is 11.9. The van der Waals surface area contributed by atoms with Crippen molar-refractivity contribution in [3.8, 4) is 5.75 Å². The highest BCUT2D eigenvalue weighted by atomic mass is 32.2. The van der Waals surface area contributed by atoms with Crippen LogP contribution in [0.15, 0.2) is 28.6 Å². The van der Waals surface area contributed by atoms with Crippen LogP contribution in [0.3, 0.4) is 0 Å². The number of aromatic nitrogens is 2. The number of nitrogens with zero attached hydrogens (tertiary/aromatic N) is 2. The van der Waals surface area contributed by atoms with Gasteiger partial charge in [-0.2, -0.15) is 0 Å². The number of hydrogen-bond acceptors (Lipinski definition) is 6. The van der Waals surface area contributed by atoms with Gasteiger partial charge in [-0.25, -0.2) is 0 Å². The first-order valence-corrected chi connectivity index (χ1v) is 9.53. The smallest absolute Gasteiger partial charge is 0.257 e. The molecule has 1 atom stereocenters. The molecule has 8 heteroatoms. The van der Waals surface area contributed by atoms with E-state index < -0.39 is 10.8 Å². The predicted octanol–water partition coefficient (Wildman–Crippen LogP) is 3.10. The first kappa shape index (κ1) is 17.6. The second-order valence-corrected chi connectivity index (χ2v) is 7.41. The molecule has 1 amide bonds. The number of nitrogens with one attached hydrogen (secondary N) is 1. The molecule has 23 heavy (non-hydrogen) atoms. The maximum atomic E-state index is 12.2. The fourth-order valence-corrected chi connectivity index (χ4v) is 3.97. The topological polar surface area (TPSA) is 81.2 Å². The van der Waals surface area contributed by atoms with Gasteiger partial charge in [0.25, 0.3) is 5.91 Å². The van der Waals surface area contributed by atoms with E-state index in [9.17, 15) is 9.00 Å². The molecule has 0 aliphatic carbocycles. The van der Waals surface area contributed by atoms with Crippen molar-refractivity contribution in [3.05, 3.63) is 29.8 Å². The van der Waals surface area contributed by atoms with Gasteiger partial charge in [0.2, 0.25) is 9.47 Å². The van der Waals surface area contributed by atoms with E-state index in [-0.39, 0.29) is 5.91 Å². The number of unbranched alkanes of at least 4 members (excludes halogenated alkanes) is 1. The molecule has 0 saturated heterocycles. The Labute approximate surface area is 141 Å². The van der Waals surface area contributed by atoms with Gasteiger partial charge in [-0.15, -0.1) is 10.2 Å². The Hall–Kier alpha value is -1.80. The minimum absolute atomic E-state index is 0.298. The minimum Gasteiger partial charge on any atom is -0.494 e. The van der Waals surface area contributed by atoms with Crippen LogP contribution in [0.25, 0.3) is 0 Å². The van der Waals surface area contributed by atoms with Gasteiger partial charge in [0.1, 0.15) is 5.75 Å². The lowest BCUT2D eigenvalue weighted by Gasteiger charge is -2.05. The van der Waals surface area contributed by atoms with Gasteiger partial charge in [-0.3, -0.25) is 14.3 Å². The molecule has 0 spiro atoms. The maximum absolute atomic E-state index is 12.2. The third-order valence-electron chi connectivity index (χ3n) is 2.91. The van der Waals surface area contributed by atoms with Gasteiger partial charge in [-0.05, 0) is 31.5 Å². The molecule has 0 bridgehead atoms. The zero-order valence-corrected chi connectivity index (χ0v) is 14.7. The first-order valence-electron chi connectivity index (χ1n) is 7.40. The van der Waals surface area contributed by atoms with E-state index in [4.69, 9.17) is 4.74 Å². The molecular formula is C15H19N3O3S2. The number of hydrogen-bond donors (Lipinski definition) is 1. The van der Waals surface area contributed by atoms with Crippen LogP contribution in [0, 0.1) is 0 Å². The summed E-state index contributed by atoms with van der Waals surface area (Å²) in [6.07, 6.45) is 1.85. The summed E-state index contributed by atoms with van der Waals surface area (Å²) in [7, 11) is -1.15. The summed E-state index contributed by atoms with van der Waals surface area (Å²) in [5.74, 6) is 0.905. The Morgan fingerprint density at radius 3 is 2.91 bits per heavy atom. The summed E-state index contributed by atoms with van der Waals surface area (Å²) >= 11 is 1.14. The first-order chi connectivity index (χ1) is 11.1. The highest BCUT2D eigenvalue weighted by molar-refractivity contribution is 7.87. The number of carbonyl (C=O) groups is 1. The van der Waals surface area contributed by atoms with Crippen molar-refractivity contribution in [3.63, 3.8) is 0 Å². The van der Waals surface area contributed by atoms with Gasteiger partial charge in [0, 0.05) is 11.3 Å². The monoisotopic (exact) mass is 353 g/mol. The molecule has 1 N–H and O–H groups in total. The van der Waals surface area contributed by atoms with Crippen molar-refractivity contribution in [2.75, 3.05) is 17.7 Å². The van der Waals surface area contributed by atoms with E-state index >= 15 is 0 Å². The van der Waals surface area contributed by atoms with Crippen molar-refractivity contribution >= 4 is 33.2 Å². The van der Waals surface area contributed by atoms with Crippen molar-refractivity contribution in [2.24, 2.45) is 0 Å². The van der Waals surface area contributed by atoms with Gasteiger partial charge in [-0.1, -0.05) is 30.7 Å². The van der Waals surface area contributed by atoms with Crippen LogP contribution in [0.5, 0.6) is 5.75 Å². The Kier molecular flexibility index (Phi) is 6.66.